The van der Waals surface area contributed by atoms with Gasteiger partial charge in [0.15, 0.2) is 0 Å². The van der Waals surface area contributed by atoms with Gasteiger partial charge in [0, 0.05) is 10.4 Å². The topological polar surface area (TPSA) is 129 Å². The van der Waals surface area contributed by atoms with E-state index in [-0.39, 0.29) is 0 Å². The zero-order chi connectivity index (χ0) is 34.0. The summed E-state index contributed by atoms with van der Waals surface area (Å²) in [6.07, 6.45) is 0. The van der Waals surface area contributed by atoms with Crippen LogP contribution in [-0.2, 0) is 0 Å². The molecule has 0 saturated carbocycles. The van der Waals surface area contributed by atoms with E-state index < -0.39 is 8.40 Å². The molecule has 0 saturated heterocycles. The molecule has 0 amide bonds. The summed E-state index contributed by atoms with van der Waals surface area (Å²) in [5.41, 5.74) is 4.03. The van der Waals surface area contributed by atoms with Crippen LogP contribution in [0.25, 0.3) is 0 Å². The quantitative estimate of drug-likeness (QED) is 0.150. The third-order valence-corrected chi connectivity index (χ3v) is 13.7. The third-order valence-electron chi connectivity index (χ3n) is 9.15. The average molecular weight is 661 g/mol. The number of fused-ring (bicyclic) bond motifs is 10. The predicted octanol–water partition coefficient (Wildman–Crippen LogP) is 7.72. The SMILES string of the molecule is N#Cc1ccc2c(c1)N1c3ccccc3Oc3ccccc3N3c4cc(C#N)ccc4Oc4ccc(C#N)cc4[Si]13c1cc(C#N)ccc1O2. The summed E-state index contributed by atoms with van der Waals surface area (Å²) < 4.78 is 24.8. The van der Waals surface area contributed by atoms with E-state index in [1.54, 1.807) is 60.7 Å². The van der Waals surface area contributed by atoms with Crippen LogP contribution in [0.5, 0.6) is 34.5 Å². The van der Waals surface area contributed by atoms with Crippen molar-refractivity contribution in [3.05, 3.63) is 144 Å². The van der Waals surface area contributed by atoms with E-state index in [9.17, 15) is 21.0 Å². The highest BCUT2D eigenvalue weighted by molar-refractivity contribution is 7.10. The molecular weight excluding hydrogens is 641 g/mol. The zero-order valence-electron chi connectivity index (χ0n) is 26.0. The van der Waals surface area contributed by atoms with Gasteiger partial charge < -0.3 is 23.3 Å². The fourth-order valence-corrected chi connectivity index (χ4v) is 12.4. The van der Waals surface area contributed by atoms with E-state index >= 15 is 0 Å². The van der Waals surface area contributed by atoms with E-state index in [4.69, 9.17) is 14.2 Å². The van der Waals surface area contributed by atoms with E-state index in [2.05, 4.69) is 33.4 Å². The van der Waals surface area contributed by atoms with Crippen LogP contribution in [0, 0.1) is 45.3 Å². The molecule has 6 aromatic rings. The first-order chi connectivity index (χ1) is 24.6. The molecule has 0 atom stereocenters. The number of ether oxygens (including phenoxy) is 3. The first kappa shape index (κ1) is 28.7. The molecule has 0 radical (unpaired) electrons. The van der Waals surface area contributed by atoms with Gasteiger partial charge in [-0.15, -0.1) is 0 Å². The maximum atomic E-state index is 10.4. The third kappa shape index (κ3) is 3.95. The minimum absolute atomic E-state index is 0.395. The van der Waals surface area contributed by atoms with Crippen molar-refractivity contribution in [2.24, 2.45) is 0 Å². The normalized spacial score (nSPS) is 13.7. The van der Waals surface area contributed by atoms with Gasteiger partial charge in [-0.3, -0.25) is 0 Å². The number of para-hydroxylation sites is 4. The Morgan fingerprint density at radius 1 is 0.380 bits per heavy atom. The van der Waals surface area contributed by atoms with Gasteiger partial charge >= 0.3 is 8.40 Å². The fraction of sp³-hybridized carbons (Fsp3) is 0. The Hall–Kier alpha value is -7.50. The second-order valence-electron chi connectivity index (χ2n) is 11.8. The van der Waals surface area contributed by atoms with E-state index in [1.165, 1.54) is 0 Å². The Bertz CT molecular complexity index is 2450. The predicted molar refractivity (Wildman–Crippen MR) is 187 cm³/mol. The molecule has 50 heavy (non-hydrogen) atoms. The Morgan fingerprint density at radius 2 is 0.720 bits per heavy atom. The summed E-state index contributed by atoms with van der Waals surface area (Å²) >= 11 is 0. The van der Waals surface area contributed by atoms with Gasteiger partial charge in [-0.1, -0.05) is 24.3 Å². The van der Waals surface area contributed by atoms with Crippen LogP contribution < -0.4 is 33.7 Å². The molecule has 0 N–H and O–H groups in total. The highest BCUT2D eigenvalue weighted by Crippen LogP contribution is 2.56. The van der Waals surface area contributed by atoms with E-state index in [0.29, 0.717) is 89.9 Å². The van der Waals surface area contributed by atoms with Crippen molar-refractivity contribution in [1.82, 2.24) is 0 Å². The lowest BCUT2D eigenvalue weighted by molar-refractivity contribution is 0.482. The molecule has 3 aliphatic rings. The number of hydrogen-bond donors (Lipinski definition) is 0. The second kappa shape index (κ2) is 10.8. The van der Waals surface area contributed by atoms with Crippen LogP contribution in [0.15, 0.2) is 121 Å². The van der Waals surface area contributed by atoms with Crippen LogP contribution in [0.2, 0.25) is 0 Å². The molecule has 0 aromatic heterocycles. The second-order valence-corrected chi connectivity index (χ2v) is 15.1. The van der Waals surface area contributed by atoms with Crippen LogP contribution in [0.4, 0.5) is 22.7 Å². The highest BCUT2D eigenvalue weighted by atomic mass is 28.3. The molecular formula is C40H20N6O3Si. The Labute approximate surface area is 287 Å². The van der Waals surface area contributed by atoms with Crippen molar-refractivity contribution < 1.29 is 14.2 Å². The first-order valence-corrected chi connectivity index (χ1v) is 17.5. The van der Waals surface area contributed by atoms with Crippen molar-refractivity contribution >= 4 is 41.5 Å². The van der Waals surface area contributed by atoms with Gasteiger partial charge in [-0.05, 0) is 97.1 Å². The van der Waals surface area contributed by atoms with Crippen LogP contribution in [0.1, 0.15) is 22.3 Å². The monoisotopic (exact) mass is 660 g/mol. The Morgan fingerprint density at radius 3 is 1.14 bits per heavy atom. The zero-order valence-corrected chi connectivity index (χ0v) is 27.0. The van der Waals surface area contributed by atoms with Crippen molar-refractivity contribution in [3.8, 4) is 58.8 Å². The number of nitriles is 4. The summed E-state index contributed by atoms with van der Waals surface area (Å²) in [7, 11) is -4.10. The minimum Gasteiger partial charge on any atom is -0.455 e. The lowest BCUT2D eigenvalue weighted by Crippen LogP contribution is -2.78. The van der Waals surface area contributed by atoms with Crippen molar-refractivity contribution in [2.75, 3.05) is 9.13 Å². The molecule has 0 aliphatic carbocycles. The number of rotatable bonds is 0. The van der Waals surface area contributed by atoms with Crippen molar-refractivity contribution in [1.29, 1.82) is 21.0 Å². The summed E-state index contributed by atoms with van der Waals surface area (Å²) in [6.45, 7) is 0. The lowest BCUT2D eigenvalue weighted by Gasteiger charge is -2.51. The van der Waals surface area contributed by atoms with E-state index in [1.807, 2.05) is 60.7 Å². The number of benzene rings is 6. The summed E-state index contributed by atoms with van der Waals surface area (Å²) in [6, 6.07) is 45.7. The molecule has 232 valence electrons. The number of hydrogen-bond acceptors (Lipinski definition) is 9. The van der Waals surface area contributed by atoms with Gasteiger partial charge in [0.1, 0.15) is 34.5 Å². The minimum atomic E-state index is -4.10. The molecule has 9 rings (SSSR count). The van der Waals surface area contributed by atoms with Crippen molar-refractivity contribution in [2.45, 2.75) is 0 Å². The van der Waals surface area contributed by atoms with Crippen LogP contribution in [0.3, 0.4) is 0 Å². The van der Waals surface area contributed by atoms with Gasteiger partial charge in [0.2, 0.25) is 0 Å². The summed E-state index contributed by atoms with van der Waals surface area (Å²) in [4.78, 5) is 0. The molecule has 3 heterocycles. The molecule has 3 aliphatic heterocycles. The Kier molecular flexibility index (Phi) is 6.18. The fourth-order valence-electron chi connectivity index (χ4n) is 7.11. The lowest BCUT2D eigenvalue weighted by atomic mass is 10.1. The Balaban J connectivity index is 1.61. The molecule has 0 bridgehead atoms. The number of nitrogens with zero attached hydrogens (tertiary/aromatic N) is 6. The summed E-state index contributed by atoms with van der Waals surface area (Å²) in [5.74, 6) is 2.98. The number of anilines is 4. The molecule has 9 nitrogen and oxygen atoms in total. The van der Waals surface area contributed by atoms with E-state index in [0.717, 1.165) is 0 Å². The first-order valence-electron chi connectivity index (χ1n) is 15.6. The molecule has 6 aromatic carbocycles. The van der Waals surface area contributed by atoms with Gasteiger partial charge in [-0.2, -0.15) is 21.0 Å². The average Bonchev–Trinajstić information content (AvgIpc) is 3.35. The van der Waals surface area contributed by atoms with Crippen LogP contribution in [-0.4, -0.2) is 8.40 Å². The highest BCUT2D eigenvalue weighted by Gasteiger charge is 2.60. The van der Waals surface area contributed by atoms with Crippen LogP contribution >= 0.6 is 0 Å². The van der Waals surface area contributed by atoms with Gasteiger partial charge in [0.05, 0.1) is 69.3 Å². The molecule has 0 unspecified atom stereocenters. The maximum absolute atomic E-state index is 10.4. The van der Waals surface area contributed by atoms with Crippen molar-refractivity contribution in [3.63, 3.8) is 0 Å². The smallest absolute Gasteiger partial charge is 0.348 e. The standard InChI is InChI=1S/C40H20N6O3Si/c41-21-25-9-13-35-31(17-25)45-29-5-1-3-7-33(29)47-34-8-4-2-6-30(34)46-32-18-26(22-42)10-14-36(32)49-38-16-12-28(24-44)20-40(38)50(45,46)39-19-27(23-43)11-15-37(39)48-35/h1-20H. The largest absolute Gasteiger partial charge is 0.455 e. The molecule has 1 spiro atoms. The van der Waals surface area contributed by atoms with Gasteiger partial charge in [0.25, 0.3) is 0 Å². The van der Waals surface area contributed by atoms with Gasteiger partial charge in [-0.25, -0.2) is 0 Å². The molecule has 0 fully saturated rings. The molecule has 10 heteroatoms. The maximum Gasteiger partial charge on any atom is 0.348 e. The summed E-state index contributed by atoms with van der Waals surface area (Å²) in [5, 5.41) is 42.5.